The first-order valence-electron chi connectivity index (χ1n) is 14.5. The Morgan fingerprint density at radius 1 is 0.909 bits per heavy atom. The standard InChI is InChI=1S/C36H30O8/c1-39-30-5-3-4-24(35(30)40-2)19-31-34(38)26-11-13-29-33(36(26)44-31)27(20-32(37)43-29)22-7-9-25(10-8-22)41-16-14-21-6-12-28-23(18-21)15-17-42-28/h3-13,18-19,27H,14-17,20H2,1-2H3/b31-19-/t27-/m0/s1. The molecular weight excluding hydrogens is 560 g/mol. The summed E-state index contributed by atoms with van der Waals surface area (Å²) >= 11 is 0. The third kappa shape index (κ3) is 5.02. The smallest absolute Gasteiger partial charge is 0.312 e. The number of hydrogen-bond acceptors (Lipinski definition) is 8. The Balaban J connectivity index is 1.12. The molecule has 0 fully saturated rings. The molecule has 0 unspecified atom stereocenters. The Hall–Kier alpha value is -5.24. The van der Waals surface area contributed by atoms with E-state index in [1.54, 1.807) is 38.5 Å². The van der Waals surface area contributed by atoms with Gasteiger partial charge in [-0.15, -0.1) is 0 Å². The third-order valence-electron chi connectivity index (χ3n) is 8.20. The van der Waals surface area contributed by atoms with Crippen LogP contribution in [0.4, 0.5) is 0 Å². The van der Waals surface area contributed by atoms with Crippen LogP contribution in [-0.2, 0) is 17.6 Å². The molecule has 0 saturated carbocycles. The maximum absolute atomic E-state index is 13.5. The van der Waals surface area contributed by atoms with Crippen molar-refractivity contribution < 1.29 is 38.0 Å². The van der Waals surface area contributed by atoms with E-state index >= 15 is 0 Å². The number of esters is 1. The van der Waals surface area contributed by atoms with Crippen LogP contribution in [0.1, 0.15) is 50.5 Å². The van der Waals surface area contributed by atoms with Crippen molar-refractivity contribution in [3.8, 4) is 34.5 Å². The van der Waals surface area contributed by atoms with Crippen molar-refractivity contribution in [1.82, 2.24) is 0 Å². The highest BCUT2D eigenvalue weighted by Gasteiger charge is 2.38. The molecule has 44 heavy (non-hydrogen) atoms. The summed E-state index contributed by atoms with van der Waals surface area (Å²) in [4.78, 5) is 26.1. The summed E-state index contributed by atoms with van der Waals surface area (Å²) in [5.41, 5.74) is 5.08. The molecule has 0 N–H and O–H groups in total. The van der Waals surface area contributed by atoms with E-state index in [9.17, 15) is 9.59 Å². The van der Waals surface area contributed by atoms with Gasteiger partial charge in [0.15, 0.2) is 17.3 Å². The van der Waals surface area contributed by atoms with Gasteiger partial charge in [0.25, 0.3) is 0 Å². The molecule has 222 valence electrons. The summed E-state index contributed by atoms with van der Waals surface area (Å²) in [6.07, 6.45) is 3.49. The van der Waals surface area contributed by atoms with E-state index in [0.717, 1.165) is 36.5 Å². The van der Waals surface area contributed by atoms with Crippen LogP contribution in [0.2, 0.25) is 0 Å². The monoisotopic (exact) mass is 590 g/mol. The number of carbonyl (C=O) groups excluding carboxylic acids is 2. The highest BCUT2D eigenvalue weighted by atomic mass is 16.5. The number of hydrogen-bond donors (Lipinski definition) is 0. The van der Waals surface area contributed by atoms with E-state index < -0.39 is 0 Å². The van der Waals surface area contributed by atoms with Crippen LogP contribution in [0.5, 0.6) is 34.5 Å². The van der Waals surface area contributed by atoms with Crippen molar-refractivity contribution in [2.24, 2.45) is 0 Å². The maximum Gasteiger partial charge on any atom is 0.312 e. The summed E-state index contributed by atoms with van der Waals surface area (Å²) < 4.78 is 34.4. The number of benzene rings is 4. The highest BCUT2D eigenvalue weighted by Crippen LogP contribution is 2.49. The van der Waals surface area contributed by atoms with Crippen molar-refractivity contribution in [3.63, 3.8) is 0 Å². The van der Waals surface area contributed by atoms with Crippen LogP contribution >= 0.6 is 0 Å². The van der Waals surface area contributed by atoms with E-state index in [-0.39, 0.29) is 29.9 Å². The third-order valence-corrected chi connectivity index (χ3v) is 8.20. The van der Waals surface area contributed by atoms with Crippen molar-refractivity contribution in [3.05, 3.63) is 112 Å². The SMILES string of the molecule is COc1cccc(/C=C2\Oc3c(ccc4c3[C@H](c3ccc(OCCc5ccc6c(c5)CCO6)cc3)CC(=O)O4)C2=O)c1OC. The van der Waals surface area contributed by atoms with Crippen LogP contribution in [0.15, 0.2) is 78.6 Å². The normalized spacial score (nSPS) is 17.2. The number of Topliss-reactive ketones (excluding diaryl/α,β-unsaturated/α-hetero) is 1. The minimum atomic E-state index is -0.359. The lowest BCUT2D eigenvalue weighted by atomic mass is 9.84. The number of ketones is 1. The largest absolute Gasteiger partial charge is 0.493 e. The minimum Gasteiger partial charge on any atom is -0.493 e. The van der Waals surface area contributed by atoms with Gasteiger partial charge in [-0.25, -0.2) is 0 Å². The van der Waals surface area contributed by atoms with Gasteiger partial charge in [-0.2, -0.15) is 0 Å². The van der Waals surface area contributed by atoms with Crippen molar-refractivity contribution in [2.45, 2.75) is 25.2 Å². The van der Waals surface area contributed by atoms with Gasteiger partial charge >= 0.3 is 5.97 Å². The van der Waals surface area contributed by atoms with Gasteiger partial charge in [0.05, 0.1) is 39.4 Å². The molecule has 0 saturated heterocycles. The number of ether oxygens (including phenoxy) is 6. The number of carbonyl (C=O) groups is 2. The Morgan fingerprint density at radius 3 is 2.57 bits per heavy atom. The average molecular weight is 591 g/mol. The lowest BCUT2D eigenvalue weighted by molar-refractivity contribution is -0.135. The number of fused-ring (bicyclic) bond motifs is 4. The molecule has 3 aliphatic heterocycles. The second-order valence-corrected chi connectivity index (χ2v) is 10.8. The summed E-state index contributed by atoms with van der Waals surface area (Å²) in [7, 11) is 3.10. The molecule has 7 rings (SSSR count). The molecule has 0 spiro atoms. The molecule has 4 aromatic carbocycles. The van der Waals surface area contributed by atoms with Crippen LogP contribution in [0.3, 0.4) is 0 Å². The van der Waals surface area contributed by atoms with Crippen LogP contribution in [0.25, 0.3) is 6.08 Å². The maximum atomic E-state index is 13.5. The van der Waals surface area contributed by atoms with Crippen molar-refractivity contribution in [1.29, 1.82) is 0 Å². The number of allylic oxidation sites excluding steroid dienone is 1. The Labute approximate surface area is 254 Å². The number of para-hydroxylation sites is 1. The lowest BCUT2D eigenvalue weighted by Crippen LogP contribution is -2.21. The van der Waals surface area contributed by atoms with Gasteiger partial charge < -0.3 is 28.4 Å². The van der Waals surface area contributed by atoms with E-state index in [0.29, 0.717) is 46.3 Å². The second-order valence-electron chi connectivity index (χ2n) is 10.8. The molecule has 1 atom stereocenters. The average Bonchev–Trinajstić information content (AvgIpc) is 3.64. The Kier molecular flexibility index (Phi) is 7.18. The lowest BCUT2D eigenvalue weighted by Gasteiger charge is -2.26. The molecule has 0 radical (unpaired) electrons. The fourth-order valence-electron chi connectivity index (χ4n) is 6.04. The molecule has 0 bridgehead atoms. The van der Waals surface area contributed by atoms with Gasteiger partial charge in [0, 0.05) is 29.9 Å². The van der Waals surface area contributed by atoms with Gasteiger partial charge in [-0.05, 0) is 59.2 Å². The predicted octanol–water partition coefficient (Wildman–Crippen LogP) is 6.32. The van der Waals surface area contributed by atoms with Crippen molar-refractivity contribution in [2.75, 3.05) is 27.4 Å². The van der Waals surface area contributed by atoms with Crippen molar-refractivity contribution >= 4 is 17.8 Å². The Bertz CT molecular complexity index is 1800. The van der Waals surface area contributed by atoms with E-state index in [4.69, 9.17) is 28.4 Å². The van der Waals surface area contributed by atoms with Gasteiger partial charge in [0.1, 0.15) is 23.0 Å². The van der Waals surface area contributed by atoms with Crippen LogP contribution in [-0.4, -0.2) is 39.2 Å². The molecule has 4 aromatic rings. The zero-order valence-electron chi connectivity index (χ0n) is 24.4. The first-order valence-corrected chi connectivity index (χ1v) is 14.5. The molecular formula is C36H30O8. The summed E-state index contributed by atoms with van der Waals surface area (Å²) in [5, 5.41) is 0. The predicted molar refractivity (Wildman–Crippen MR) is 162 cm³/mol. The molecule has 0 aromatic heterocycles. The second kappa shape index (κ2) is 11.4. The fourth-order valence-corrected chi connectivity index (χ4v) is 6.04. The van der Waals surface area contributed by atoms with Gasteiger partial charge in [-0.1, -0.05) is 36.4 Å². The summed E-state index contributed by atoms with van der Waals surface area (Å²) in [6, 6.07) is 22.7. The zero-order chi connectivity index (χ0) is 30.2. The quantitative estimate of drug-likeness (QED) is 0.134. The zero-order valence-corrected chi connectivity index (χ0v) is 24.4. The molecule has 8 nitrogen and oxygen atoms in total. The number of rotatable bonds is 8. The van der Waals surface area contributed by atoms with E-state index in [1.807, 2.05) is 42.5 Å². The summed E-state index contributed by atoms with van der Waals surface area (Å²) in [5.74, 6) is 2.72. The van der Waals surface area contributed by atoms with Gasteiger partial charge in [0.2, 0.25) is 5.78 Å². The molecule has 3 heterocycles. The molecule has 8 heteroatoms. The minimum absolute atomic E-state index is 0.117. The Morgan fingerprint density at radius 2 is 1.75 bits per heavy atom. The highest BCUT2D eigenvalue weighted by molar-refractivity contribution is 6.15. The molecule has 0 amide bonds. The number of methoxy groups -OCH3 is 2. The fraction of sp³-hybridized carbons (Fsp3) is 0.222. The topological polar surface area (TPSA) is 89.5 Å². The molecule has 0 aliphatic carbocycles. The van der Waals surface area contributed by atoms with Crippen LogP contribution in [0, 0.1) is 0 Å². The van der Waals surface area contributed by atoms with Crippen LogP contribution < -0.4 is 28.4 Å². The van der Waals surface area contributed by atoms with Gasteiger partial charge in [-0.3, -0.25) is 9.59 Å². The van der Waals surface area contributed by atoms with E-state index in [1.165, 1.54) is 11.1 Å². The first kappa shape index (κ1) is 27.6. The molecule has 3 aliphatic rings. The first-order chi connectivity index (χ1) is 21.5. The van der Waals surface area contributed by atoms with E-state index in [2.05, 4.69) is 12.1 Å². The summed E-state index contributed by atoms with van der Waals surface area (Å²) in [6.45, 7) is 1.28.